The number of carbonyl (C=O) groups excluding carboxylic acids is 1. The van der Waals surface area contributed by atoms with Crippen LogP contribution in [0.4, 0.5) is 13.2 Å². The third-order valence-corrected chi connectivity index (χ3v) is 8.93. The molecule has 0 bridgehead atoms. The molecule has 0 aromatic heterocycles. The Labute approximate surface area is 215 Å². The van der Waals surface area contributed by atoms with E-state index in [9.17, 15) is 36.3 Å². The summed E-state index contributed by atoms with van der Waals surface area (Å²) in [6.45, 7) is 5.15. The Hall–Kier alpha value is -2.66. The number of allylic oxidation sites excluding steroid dienone is 3. The van der Waals surface area contributed by atoms with Crippen molar-refractivity contribution < 1.29 is 36.3 Å². The van der Waals surface area contributed by atoms with Gasteiger partial charge < -0.3 is 10.4 Å². The standard InChI is InChI=1S/C26H33F3N2O5S/c1-16-6-4-5-7-21(16)22(25(2,3)24(33)34)30-23(32)17-8-12-19(13-9-17)31-37(35,36)20-14-10-18(11-15-20)26(27,28)29/h4-7,10-11,14-17,19,21-22,31H,8-9,12-13H2,1-3H3,(H,30,32)(H,33,34)/t16?,17?,19?,21?,22-/m0/s1. The van der Waals surface area contributed by atoms with Gasteiger partial charge in [0.15, 0.2) is 0 Å². The molecular formula is C26H33F3N2O5S. The Morgan fingerprint density at radius 2 is 1.57 bits per heavy atom. The molecule has 37 heavy (non-hydrogen) atoms. The van der Waals surface area contributed by atoms with Gasteiger partial charge in [-0.05, 0) is 69.7 Å². The van der Waals surface area contributed by atoms with Gasteiger partial charge in [-0.2, -0.15) is 13.2 Å². The number of sulfonamides is 1. The van der Waals surface area contributed by atoms with Crippen LogP contribution in [0.5, 0.6) is 0 Å². The average molecular weight is 543 g/mol. The number of amides is 1. The topological polar surface area (TPSA) is 113 Å². The fourth-order valence-electron chi connectivity index (χ4n) is 4.90. The highest BCUT2D eigenvalue weighted by Crippen LogP contribution is 2.35. The molecule has 11 heteroatoms. The van der Waals surface area contributed by atoms with Crippen molar-refractivity contribution in [2.24, 2.45) is 23.2 Å². The van der Waals surface area contributed by atoms with Crippen LogP contribution >= 0.6 is 0 Å². The minimum atomic E-state index is -4.56. The van der Waals surface area contributed by atoms with Gasteiger partial charge in [-0.3, -0.25) is 9.59 Å². The van der Waals surface area contributed by atoms with Gasteiger partial charge in [-0.25, -0.2) is 13.1 Å². The maximum Gasteiger partial charge on any atom is 0.416 e. The van der Waals surface area contributed by atoms with Crippen molar-refractivity contribution in [1.82, 2.24) is 10.0 Å². The summed E-state index contributed by atoms with van der Waals surface area (Å²) in [5, 5.41) is 12.8. The van der Waals surface area contributed by atoms with Crippen molar-refractivity contribution in [2.45, 2.75) is 69.6 Å². The van der Waals surface area contributed by atoms with Gasteiger partial charge in [0.25, 0.3) is 0 Å². The summed E-state index contributed by atoms with van der Waals surface area (Å²) >= 11 is 0. The van der Waals surface area contributed by atoms with Crippen LogP contribution in [0.25, 0.3) is 0 Å². The molecule has 1 aromatic carbocycles. The molecule has 1 aromatic rings. The largest absolute Gasteiger partial charge is 0.481 e. The van der Waals surface area contributed by atoms with E-state index in [1.807, 2.05) is 31.2 Å². The van der Waals surface area contributed by atoms with Crippen molar-refractivity contribution in [3.63, 3.8) is 0 Å². The number of alkyl halides is 3. The van der Waals surface area contributed by atoms with Gasteiger partial charge in [0.05, 0.1) is 21.9 Å². The Kier molecular flexibility index (Phi) is 8.58. The Morgan fingerprint density at radius 3 is 2.08 bits per heavy atom. The van der Waals surface area contributed by atoms with Crippen molar-refractivity contribution in [3.8, 4) is 0 Å². The van der Waals surface area contributed by atoms with Crippen molar-refractivity contribution >= 4 is 21.9 Å². The maximum absolute atomic E-state index is 13.2. The van der Waals surface area contributed by atoms with E-state index in [4.69, 9.17) is 0 Å². The summed E-state index contributed by atoms with van der Waals surface area (Å²) in [6, 6.07) is 2.18. The summed E-state index contributed by atoms with van der Waals surface area (Å²) in [5.41, 5.74) is -2.16. The minimum absolute atomic E-state index is 0.0317. The predicted molar refractivity (Wildman–Crippen MR) is 132 cm³/mol. The second-order valence-electron chi connectivity index (χ2n) is 10.4. The molecule has 1 fully saturated rings. The van der Waals surface area contributed by atoms with E-state index < -0.39 is 51.1 Å². The third kappa shape index (κ3) is 6.81. The molecule has 0 aliphatic heterocycles. The van der Waals surface area contributed by atoms with Crippen molar-refractivity contribution in [2.75, 3.05) is 0 Å². The van der Waals surface area contributed by atoms with Crippen LogP contribution in [-0.2, 0) is 25.8 Å². The van der Waals surface area contributed by atoms with E-state index in [1.165, 1.54) is 0 Å². The average Bonchev–Trinajstić information content (AvgIpc) is 2.82. The fourth-order valence-corrected chi connectivity index (χ4v) is 6.20. The van der Waals surface area contributed by atoms with Crippen LogP contribution in [0.1, 0.15) is 52.0 Å². The number of hydrogen-bond acceptors (Lipinski definition) is 4. The van der Waals surface area contributed by atoms with E-state index in [2.05, 4.69) is 10.0 Å². The van der Waals surface area contributed by atoms with E-state index in [-0.39, 0.29) is 22.6 Å². The van der Waals surface area contributed by atoms with Crippen LogP contribution in [0, 0.1) is 23.2 Å². The molecule has 2 aliphatic rings. The summed E-state index contributed by atoms with van der Waals surface area (Å²) in [4.78, 5) is 24.9. The summed E-state index contributed by atoms with van der Waals surface area (Å²) in [7, 11) is -4.03. The van der Waals surface area contributed by atoms with Gasteiger partial charge in [0.1, 0.15) is 0 Å². The van der Waals surface area contributed by atoms with Gasteiger partial charge in [0, 0.05) is 17.9 Å². The van der Waals surface area contributed by atoms with E-state index in [0.717, 1.165) is 24.3 Å². The lowest BCUT2D eigenvalue weighted by Gasteiger charge is -2.40. The van der Waals surface area contributed by atoms with Gasteiger partial charge in [-0.15, -0.1) is 0 Å². The molecule has 0 saturated heterocycles. The van der Waals surface area contributed by atoms with Crippen LogP contribution in [0.2, 0.25) is 0 Å². The molecule has 2 aliphatic carbocycles. The fraction of sp³-hybridized carbons (Fsp3) is 0.538. The first kappa shape index (κ1) is 28.9. The van der Waals surface area contributed by atoms with E-state index in [1.54, 1.807) is 13.8 Å². The lowest BCUT2D eigenvalue weighted by Crippen LogP contribution is -2.55. The lowest BCUT2D eigenvalue weighted by molar-refractivity contribution is -0.150. The number of aliphatic carboxylic acids is 1. The van der Waals surface area contributed by atoms with Gasteiger partial charge in [-0.1, -0.05) is 31.2 Å². The zero-order chi connectivity index (χ0) is 27.6. The molecular weight excluding hydrogens is 509 g/mol. The molecule has 204 valence electrons. The van der Waals surface area contributed by atoms with Gasteiger partial charge >= 0.3 is 12.1 Å². The number of halogens is 3. The molecule has 2 unspecified atom stereocenters. The van der Waals surface area contributed by atoms with Crippen molar-refractivity contribution in [1.29, 1.82) is 0 Å². The SMILES string of the molecule is CC1C=CC=CC1[C@H](NC(=O)C1CCC(NS(=O)(=O)c2ccc(C(F)(F)F)cc2)CC1)C(C)(C)C(=O)O. The third-order valence-electron chi connectivity index (χ3n) is 7.39. The number of nitrogens with one attached hydrogen (secondary N) is 2. The first-order valence-corrected chi connectivity index (χ1v) is 13.7. The van der Waals surface area contributed by atoms with E-state index >= 15 is 0 Å². The summed E-state index contributed by atoms with van der Waals surface area (Å²) in [5.74, 6) is -1.86. The molecule has 1 amide bonds. The number of benzene rings is 1. The first-order valence-electron chi connectivity index (χ1n) is 12.2. The molecule has 7 nitrogen and oxygen atoms in total. The highest BCUT2D eigenvalue weighted by Gasteiger charge is 2.44. The maximum atomic E-state index is 13.2. The molecule has 3 rings (SSSR count). The van der Waals surface area contributed by atoms with E-state index in [0.29, 0.717) is 25.7 Å². The molecule has 3 N–H and O–H groups in total. The van der Waals surface area contributed by atoms with Crippen molar-refractivity contribution in [3.05, 3.63) is 54.1 Å². The first-order chi connectivity index (χ1) is 17.1. The smallest absolute Gasteiger partial charge is 0.416 e. The number of carboxylic acid groups (broad SMARTS) is 1. The number of carboxylic acids is 1. The normalized spacial score (nSPS) is 25.5. The highest BCUT2D eigenvalue weighted by atomic mass is 32.2. The number of carbonyl (C=O) groups is 2. The Bertz CT molecular complexity index is 1150. The van der Waals surface area contributed by atoms with Crippen LogP contribution < -0.4 is 10.0 Å². The lowest BCUT2D eigenvalue weighted by atomic mass is 9.71. The minimum Gasteiger partial charge on any atom is -0.481 e. The Balaban J connectivity index is 1.62. The summed E-state index contributed by atoms with van der Waals surface area (Å²) in [6.07, 6.45) is 4.57. The monoisotopic (exact) mass is 542 g/mol. The zero-order valence-corrected chi connectivity index (χ0v) is 21.8. The molecule has 3 atom stereocenters. The predicted octanol–water partition coefficient (Wildman–Crippen LogP) is 4.52. The number of rotatable bonds is 8. The molecule has 1 saturated carbocycles. The van der Waals surface area contributed by atoms with Gasteiger partial charge in [0.2, 0.25) is 15.9 Å². The number of hydrogen-bond donors (Lipinski definition) is 3. The van der Waals surface area contributed by atoms with Crippen LogP contribution in [0.15, 0.2) is 53.5 Å². The second-order valence-corrected chi connectivity index (χ2v) is 12.1. The Morgan fingerprint density at radius 1 is 1.00 bits per heavy atom. The molecule has 0 spiro atoms. The second kappa shape index (κ2) is 11.0. The zero-order valence-electron chi connectivity index (χ0n) is 21.0. The van der Waals surface area contributed by atoms with Crippen LogP contribution in [0.3, 0.4) is 0 Å². The quantitative estimate of drug-likeness (QED) is 0.447. The molecule has 0 heterocycles. The molecule has 0 radical (unpaired) electrons. The highest BCUT2D eigenvalue weighted by molar-refractivity contribution is 7.89. The summed E-state index contributed by atoms with van der Waals surface area (Å²) < 4.78 is 66.2. The van der Waals surface area contributed by atoms with Crippen LogP contribution in [-0.4, -0.2) is 37.5 Å².